The largest absolute Gasteiger partial charge is 0.397 e. The Morgan fingerprint density at radius 3 is 3.16 bits per heavy atom. The molecule has 1 saturated heterocycles. The van der Waals surface area contributed by atoms with Crippen molar-refractivity contribution in [1.82, 2.24) is 4.90 Å². The summed E-state index contributed by atoms with van der Waals surface area (Å²) in [6, 6.07) is 4.34. The van der Waals surface area contributed by atoms with Crippen molar-refractivity contribution in [3.8, 4) is 0 Å². The molecule has 1 atom stereocenters. The van der Waals surface area contributed by atoms with Crippen molar-refractivity contribution < 1.29 is 9.18 Å². The number of amides is 1. The molecular formula is C13H18FN3OS. The molecule has 104 valence electrons. The number of nitrogens with two attached hydrogens (primary N) is 1. The van der Waals surface area contributed by atoms with Crippen molar-refractivity contribution in [2.45, 2.75) is 13.0 Å². The molecule has 4 nitrogen and oxygen atoms in total. The third-order valence-electron chi connectivity index (χ3n) is 3.14. The summed E-state index contributed by atoms with van der Waals surface area (Å²) >= 11 is 1.90. The molecule has 0 bridgehead atoms. The van der Waals surface area contributed by atoms with Crippen molar-refractivity contribution in [3.05, 3.63) is 24.0 Å². The lowest BCUT2D eigenvalue weighted by Gasteiger charge is -2.32. The molecule has 1 aromatic carbocycles. The maximum atomic E-state index is 13.1. The van der Waals surface area contributed by atoms with E-state index in [2.05, 4.69) is 17.1 Å². The fourth-order valence-electron chi connectivity index (χ4n) is 2.01. The second kappa shape index (κ2) is 6.25. The standard InChI is InChI=1S/C13H18FN3OS/c1-9-8-19-5-4-17(9)7-13(18)16-12-6-10(14)2-3-11(12)15/h2-3,6,9H,4-5,7-8,15H2,1H3,(H,16,18). The van der Waals surface area contributed by atoms with E-state index in [1.54, 1.807) is 0 Å². The van der Waals surface area contributed by atoms with Crippen molar-refractivity contribution in [2.24, 2.45) is 0 Å². The monoisotopic (exact) mass is 283 g/mol. The minimum Gasteiger partial charge on any atom is -0.397 e. The topological polar surface area (TPSA) is 58.4 Å². The molecule has 19 heavy (non-hydrogen) atoms. The van der Waals surface area contributed by atoms with Crippen LogP contribution in [0.4, 0.5) is 15.8 Å². The smallest absolute Gasteiger partial charge is 0.238 e. The van der Waals surface area contributed by atoms with Crippen molar-refractivity contribution in [3.63, 3.8) is 0 Å². The van der Waals surface area contributed by atoms with E-state index in [4.69, 9.17) is 5.73 Å². The van der Waals surface area contributed by atoms with Gasteiger partial charge in [-0.3, -0.25) is 9.69 Å². The predicted octanol–water partition coefficient (Wildman–Crippen LogP) is 1.78. The number of nitrogens with one attached hydrogen (secondary N) is 1. The van der Waals surface area contributed by atoms with Crippen LogP contribution in [0.15, 0.2) is 18.2 Å². The second-order valence-electron chi connectivity index (χ2n) is 4.67. The molecule has 1 aliphatic heterocycles. The van der Waals surface area contributed by atoms with Crippen LogP contribution < -0.4 is 11.1 Å². The van der Waals surface area contributed by atoms with E-state index < -0.39 is 5.82 Å². The zero-order chi connectivity index (χ0) is 13.8. The lowest BCUT2D eigenvalue weighted by molar-refractivity contribution is -0.117. The van der Waals surface area contributed by atoms with Crippen molar-refractivity contribution in [2.75, 3.05) is 35.6 Å². The number of carbonyl (C=O) groups excluding carboxylic acids is 1. The molecule has 0 aromatic heterocycles. The minimum absolute atomic E-state index is 0.156. The highest BCUT2D eigenvalue weighted by molar-refractivity contribution is 7.99. The van der Waals surface area contributed by atoms with Gasteiger partial charge in [-0.2, -0.15) is 11.8 Å². The molecule has 1 unspecified atom stereocenters. The summed E-state index contributed by atoms with van der Waals surface area (Å²) in [5, 5.41) is 2.67. The van der Waals surface area contributed by atoms with Gasteiger partial charge in [0.2, 0.25) is 5.91 Å². The maximum Gasteiger partial charge on any atom is 0.238 e. The van der Waals surface area contributed by atoms with E-state index in [-0.39, 0.29) is 5.91 Å². The van der Waals surface area contributed by atoms with Gasteiger partial charge in [-0.05, 0) is 25.1 Å². The van der Waals surface area contributed by atoms with Gasteiger partial charge in [-0.1, -0.05) is 0 Å². The summed E-state index contributed by atoms with van der Waals surface area (Å²) in [6.07, 6.45) is 0. The summed E-state index contributed by atoms with van der Waals surface area (Å²) in [4.78, 5) is 14.1. The number of thioether (sulfide) groups is 1. The molecule has 0 aliphatic carbocycles. The fraction of sp³-hybridized carbons (Fsp3) is 0.462. The van der Waals surface area contributed by atoms with Crippen LogP contribution in [0.5, 0.6) is 0 Å². The molecule has 2 rings (SSSR count). The van der Waals surface area contributed by atoms with Gasteiger partial charge >= 0.3 is 0 Å². The average Bonchev–Trinajstić information content (AvgIpc) is 2.37. The Bertz CT molecular complexity index is 469. The molecule has 1 heterocycles. The summed E-state index contributed by atoms with van der Waals surface area (Å²) in [7, 11) is 0. The van der Waals surface area contributed by atoms with E-state index in [9.17, 15) is 9.18 Å². The normalized spacial score (nSPS) is 20.2. The summed E-state index contributed by atoms with van der Waals surface area (Å²) < 4.78 is 13.1. The fourth-order valence-corrected chi connectivity index (χ4v) is 3.09. The van der Waals surface area contributed by atoms with Crippen LogP contribution in [0.3, 0.4) is 0 Å². The van der Waals surface area contributed by atoms with Gasteiger partial charge in [-0.25, -0.2) is 4.39 Å². The van der Waals surface area contributed by atoms with Crippen LogP contribution in [-0.2, 0) is 4.79 Å². The van der Waals surface area contributed by atoms with E-state index in [1.165, 1.54) is 18.2 Å². The number of benzene rings is 1. The highest BCUT2D eigenvalue weighted by Crippen LogP contribution is 2.20. The molecule has 3 N–H and O–H groups in total. The van der Waals surface area contributed by atoms with E-state index >= 15 is 0 Å². The average molecular weight is 283 g/mol. The lowest BCUT2D eigenvalue weighted by Crippen LogP contribution is -2.44. The van der Waals surface area contributed by atoms with Gasteiger partial charge in [0.15, 0.2) is 0 Å². The molecular weight excluding hydrogens is 265 g/mol. The van der Waals surface area contributed by atoms with Gasteiger partial charge in [0.25, 0.3) is 0 Å². The predicted molar refractivity (Wildman–Crippen MR) is 77.8 cm³/mol. The SMILES string of the molecule is CC1CSCCN1CC(=O)Nc1cc(F)ccc1N. The van der Waals surface area contributed by atoms with Crippen LogP contribution in [0.1, 0.15) is 6.92 Å². The molecule has 1 fully saturated rings. The Morgan fingerprint density at radius 2 is 2.42 bits per heavy atom. The van der Waals surface area contributed by atoms with Gasteiger partial charge in [-0.15, -0.1) is 0 Å². The minimum atomic E-state index is -0.410. The Labute approximate surface area is 116 Å². The van der Waals surface area contributed by atoms with Crippen LogP contribution in [0.25, 0.3) is 0 Å². The van der Waals surface area contributed by atoms with Crippen molar-refractivity contribution >= 4 is 29.0 Å². The number of halogens is 1. The summed E-state index contributed by atoms with van der Waals surface area (Å²) in [5.74, 6) is 1.51. The first-order valence-electron chi connectivity index (χ1n) is 6.23. The maximum absolute atomic E-state index is 13.1. The summed E-state index contributed by atoms with van der Waals surface area (Å²) in [6.45, 7) is 3.32. The van der Waals surface area contributed by atoms with Crippen molar-refractivity contribution in [1.29, 1.82) is 0 Å². The Morgan fingerprint density at radius 1 is 1.63 bits per heavy atom. The third-order valence-corrected chi connectivity index (χ3v) is 4.33. The molecule has 6 heteroatoms. The highest BCUT2D eigenvalue weighted by atomic mass is 32.2. The molecule has 1 amide bonds. The van der Waals surface area contributed by atoms with E-state index in [0.29, 0.717) is 24.0 Å². The number of hydrogen-bond donors (Lipinski definition) is 2. The number of anilines is 2. The number of carbonyl (C=O) groups is 1. The number of hydrogen-bond acceptors (Lipinski definition) is 4. The molecule has 0 saturated carbocycles. The van der Waals surface area contributed by atoms with Gasteiger partial charge < -0.3 is 11.1 Å². The van der Waals surface area contributed by atoms with Crippen LogP contribution in [0, 0.1) is 5.82 Å². The molecule has 1 aromatic rings. The van der Waals surface area contributed by atoms with E-state index in [1.807, 2.05) is 11.8 Å². The Hall–Kier alpha value is -1.27. The highest BCUT2D eigenvalue weighted by Gasteiger charge is 2.21. The quantitative estimate of drug-likeness (QED) is 0.830. The van der Waals surface area contributed by atoms with Crippen LogP contribution >= 0.6 is 11.8 Å². The van der Waals surface area contributed by atoms with Crippen LogP contribution in [-0.4, -0.2) is 41.4 Å². The molecule has 0 spiro atoms. The lowest BCUT2D eigenvalue weighted by atomic mass is 10.2. The first kappa shape index (κ1) is 14.1. The number of rotatable bonds is 3. The third kappa shape index (κ3) is 3.84. The zero-order valence-electron chi connectivity index (χ0n) is 10.9. The molecule has 1 aliphatic rings. The first-order chi connectivity index (χ1) is 9.06. The first-order valence-corrected chi connectivity index (χ1v) is 7.38. The van der Waals surface area contributed by atoms with Gasteiger partial charge in [0.1, 0.15) is 5.82 Å². The second-order valence-corrected chi connectivity index (χ2v) is 5.82. The Kier molecular flexibility index (Phi) is 4.66. The number of nitrogen functional groups attached to an aromatic ring is 1. The van der Waals surface area contributed by atoms with E-state index in [0.717, 1.165) is 18.1 Å². The molecule has 0 radical (unpaired) electrons. The van der Waals surface area contributed by atoms with Crippen LogP contribution in [0.2, 0.25) is 0 Å². The number of nitrogens with zero attached hydrogens (tertiary/aromatic N) is 1. The Balaban J connectivity index is 1.95. The van der Waals surface area contributed by atoms with Gasteiger partial charge in [0.05, 0.1) is 17.9 Å². The van der Waals surface area contributed by atoms with Gasteiger partial charge in [0, 0.05) is 24.1 Å². The zero-order valence-corrected chi connectivity index (χ0v) is 11.7. The summed E-state index contributed by atoms with van der Waals surface area (Å²) in [5.41, 5.74) is 6.41.